The van der Waals surface area contributed by atoms with E-state index < -0.39 is 0 Å². The molecular weight excluding hydrogens is 294 g/mol. The summed E-state index contributed by atoms with van der Waals surface area (Å²) in [5.41, 5.74) is 1.03. The van der Waals surface area contributed by atoms with E-state index in [1.807, 2.05) is 36.4 Å². The Morgan fingerprint density at radius 1 is 1.22 bits per heavy atom. The summed E-state index contributed by atoms with van der Waals surface area (Å²) in [5, 5.41) is 0. The number of methoxy groups -OCH3 is 1. The first-order chi connectivity index (χ1) is 8.79. The number of ether oxygens (including phenoxy) is 2. The third-order valence-electron chi connectivity index (χ3n) is 2.48. The summed E-state index contributed by atoms with van der Waals surface area (Å²) >= 11 is 3.45. The number of benzene rings is 1. The molecule has 0 amide bonds. The Bertz CT molecular complexity index is 502. The molecule has 0 atom stereocenters. The van der Waals surface area contributed by atoms with Gasteiger partial charge in [-0.3, -0.25) is 4.98 Å². The maximum absolute atomic E-state index is 5.70. The molecule has 0 saturated carbocycles. The molecule has 0 unspecified atom stereocenters. The average molecular weight is 308 g/mol. The summed E-state index contributed by atoms with van der Waals surface area (Å²) in [6, 6.07) is 11.5. The summed E-state index contributed by atoms with van der Waals surface area (Å²) in [6.07, 6.45) is 2.58. The molecule has 0 aliphatic heterocycles. The normalized spacial score (nSPS) is 10.1. The van der Waals surface area contributed by atoms with Crippen molar-refractivity contribution >= 4 is 15.9 Å². The van der Waals surface area contributed by atoms with Gasteiger partial charge in [-0.05, 0) is 46.3 Å². The zero-order chi connectivity index (χ0) is 12.8. The van der Waals surface area contributed by atoms with E-state index in [1.54, 1.807) is 13.3 Å². The van der Waals surface area contributed by atoms with Crippen molar-refractivity contribution in [2.75, 3.05) is 13.7 Å². The predicted octanol–water partition coefficient (Wildman–Crippen LogP) is 3.47. The molecule has 1 aromatic carbocycles. The van der Waals surface area contributed by atoms with Crippen molar-refractivity contribution in [1.82, 2.24) is 4.98 Å². The van der Waals surface area contributed by atoms with Gasteiger partial charge in [0.2, 0.25) is 0 Å². The first kappa shape index (κ1) is 12.9. The zero-order valence-electron chi connectivity index (χ0n) is 10.1. The number of pyridine rings is 1. The molecule has 0 saturated heterocycles. The van der Waals surface area contributed by atoms with Crippen LogP contribution >= 0.6 is 15.9 Å². The topological polar surface area (TPSA) is 31.4 Å². The summed E-state index contributed by atoms with van der Waals surface area (Å²) in [6.45, 7) is 0.599. The van der Waals surface area contributed by atoms with Crippen molar-refractivity contribution in [3.8, 4) is 11.5 Å². The SMILES string of the molecule is COc1ccc(OCCc2ccccn2)c(Br)c1. The largest absolute Gasteiger partial charge is 0.497 e. The van der Waals surface area contributed by atoms with Crippen LogP contribution in [0.5, 0.6) is 11.5 Å². The number of halogens is 1. The van der Waals surface area contributed by atoms with E-state index in [9.17, 15) is 0 Å². The second-order valence-corrected chi connectivity index (χ2v) is 4.57. The fraction of sp³-hybridized carbons (Fsp3) is 0.214. The van der Waals surface area contributed by atoms with Crippen LogP contribution in [0.2, 0.25) is 0 Å². The van der Waals surface area contributed by atoms with Gasteiger partial charge in [0, 0.05) is 18.3 Å². The maximum Gasteiger partial charge on any atom is 0.133 e. The van der Waals surface area contributed by atoms with Crippen LogP contribution < -0.4 is 9.47 Å². The van der Waals surface area contributed by atoms with Gasteiger partial charge in [-0.25, -0.2) is 0 Å². The molecule has 0 N–H and O–H groups in total. The highest BCUT2D eigenvalue weighted by molar-refractivity contribution is 9.10. The van der Waals surface area contributed by atoms with Crippen LogP contribution in [0.1, 0.15) is 5.69 Å². The van der Waals surface area contributed by atoms with E-state index in [0.717, 1.165) is 28.1 Å². The fourth-order valence-corrected chi connectivity index (χ4v) is 2.01. The first-order valence-corrected chi connectivity index (χ1v) is 6.45. The number of hydrogen-bond acceptors (Lipinski definition) is 3. The van der Waals surface area contributed by atoms with Crippen LogP contribution in [0, 0.1) is 0 Å². The molecule has 0 fully saturated rings. The smallest absolute Gasteiger partial charge is 0.133 e. The lowest BCUT2D eigenvalue weighted by atomic mass is 10.3. The van der Waals surface area contributed by atoms with E-state index in [0.29, 0.717) is 6.61 Å². The molecule has 4 heteroatoms. The van der Waals surface area contributed by atoms with Crippen molar-refractivity contribution in [2.24, 2.45) is 0 Å². The van der Waals surface area contributed by atoms with Crippen molar-refractivity contribution in [3.63, 3.8) is 0 Å². The molecule has 0 bridgehead atoms. The minimum atomic E-state index is 0.599. The summed E-state index contributed by atoms with van der Waals surface area (Å²) in [4.78, 5) is 4.25. The van der Waals surface area contributed by atoms with Gasteiger partial charge in [0.15, 0.2) is 0 Å². The molecule has 0 radical (unpaired) electrons. The first-order valence-electron chi connectivity index (χ1n) is 5.66. The Kier molecular flexibility index (Phi) is 4.59. The Morgan fingerprint density at radius 2 is 2.11 bits per heavy atom. The van der Waals surface area contributed by atoms with Gasteiger partial charge in [-0.15, -0.1) is 0 Å². The molecule has 18 heavy (non-hydrogen) atoms. The van der Waals surface area contributed by atoms with E-state index in [2.05, 4.69) is 20.9 Å². The van der Waals surface area contributed by atoms with Crippen molar-refractivity contribution in [1.29, 1.82) is 0 Å². The van der Waals surface area contributed by atoms with Crippen LogP contribution in [0.3, 0.4) is 0 Å². The fourth-order valence-electron chi connectivity index (χ4n) is 1.54. The van der Waals surface area contributed by atoms with Gasteiger partial charge in [0.25, 0.3) is 0 Å². The third kappa shape index (κ3) is 3.47. The van der Waals surface area contributed by atoms with E-state index in [4.69, 9.17) is 9.47 Å². The van der Waals surface area contributed by atoms with Crippen LogP contribution in [-0.2, 0) is 6.42 Å². The van der Waals surface area contributed by atoms with Crippen LogP contribution in [0.25, 0.3) is 0 Å². The second kappa shape index (κ2) is 6.40. The lowest BCUT2D eigenvalue weighted by molar-refractivity contribution is 0.317. The van der Waals surface area contributed by atoms with Crippen molar-refractivity contribution in [2.45, 2.75) is 6.42 Å². The lowest BCUT2D eigenvalue weighted by Crippen LogP contribution is -2.03. The molecule has 0 aliphatic carbocycles. The summed E-state index contributed by atoms with van der Waals surface area (Å²) in [7, 11) is 1.64. The quantitative estimate of drug-likeness (QED) is 0.847. The molecule has 94 valence electrons. The number of hydrogen-bond donors (Lipinski definition) is 0. The molecule has 2 aromatic rings. The van der Waals surface area contributed by atoms with Crippen molar-refractivity contribution in [3.05, 3.63) is 52.8 Å². The van der Waals surface area contributed by atoms with Gasteiger partial charge >= 0.3 is 0 Å². The van der Waals surface area contributed by atoms with Crippen LogP contribution in [-0.4, -0.2) is 18.7 Å². The molecular formula is C14H14BrNO2. The van der Waals surface area contributed by atoms with Crippen LogP contribution in [0.4, 0.5) is 0 Å². The third-order valence-corrected chi connectivity index (χ3v) is 3.10. The minimum absolute atomic E-state index is 0.599. The Labute approximate surface area is 115 Å². The van der Waals surface area contributed by atoms with E-state index in [-0.39, 0.29) is 0 Å². The number of nitrogens with zero attached hydrogens (tertiary/aromatic N) is 1. The highest BCUT2D eigenvalue weighted by atomic mass is 79.9. The van der Waals surface area contributed by atoms with E-state index >= 15 is 0 Å². The molecule has 3 nitrogen and oxygen atoms in total. The highest BCUT2D eigenvalue weighted by Crippen LogP contribution is 2.29. The van der Waals surface area contributed by atoms with Crippen LogP contribution in [0.15, 0.2) is 47.1 Å². The van der Waals surface area contributed by atoms with Gasteiger partial charge in [0.05, 0.1) is 18.2 Å². The molecule has 1 aromatic heterocycles. The Morgan fingerprint density at radius 3 is 2.78 bits per heavy atom. The van der Waals surface area contributed by atoms with Gasteiger partial charge < -0.3 is 9.47 Å². The molecule has 1 heterocycles. The molecule has 0 aliphatic rings. The van der Waals surface area contributed by atoms with Crippen molar-refractivity contribution < 1.29 is 9.47 Å². The van der Waals surface area contributed by atoms with Gasteiger partial charge in [-0.1, -0.05) is 6.07 Å². The summed E-state index contributed by atoms with van der Waals surface area (Å²) < 4.78 is 11.7. The minimum Gasteiger partial charge on any atom is -0.497 e. The molecule has 0 spiro atoms. The Balaban J connectivity index is 1.91. The lowest BCUT2D eigenvalue weighted by Gasteiger charge is -2.09. The Hall–Kier alpha value is -1.55. The highest BCUT2D eigenvalue weighted by Gasteiger charge is 2.03. The molecule has 2 rings (SSSR count). The van der Waals surface area contributed by atoms with Gasteiger partial charge in [-0.2, -0.15) is 0 Å². The van der Waals surface area contributed by atoms with E-state index in [1.165, 1.54) is 0 Å². The zero-order valence-corrected chi connectivity index (χ0v) is 11.7. The number of rotatable bonds is 5. The standard InChI is InChI=1S/C14H14BrNO2/c1-17-12-5-6-14(13(15)10-12)18-9-7-11-4-2-3-8-16-11/h2-6,8,10H,7,9H2,1H3. The average Bonchev–Trinajstić information content (AvgIpc) is 2.42. The number of aromatic nitrogens is 1. The predicted molar refractivity (Wildman–Crippen MR) is 74.1 cm³/mol. The van der Waals surface area contributed by atoms with Gasteiger partial charge in [0.1, 0.15) is 11.5 Å². The second-order valence-electron chi connectivity index (χ2n) is 3.72. The maximum atomic E-state index is 5.70. The summed E-state index contributed by atoms with van der Waals surface area (Å²) in [5.74, 6) is 1.62. The monoisotopic (exact) mass is 307 g/mol.